The number of carbonyl (C=O) groups is 2. The molecule has 0 saturated heterocycles. The average Bonchev–Trinajstić information content (AvgIpc) is 2.37. The van der Waals surface area contributed by atoms with Crippen LogP contribution in [0.5, 0.6) is 0 Å². The minimum Gasteiger partial charge on any atom is -0.478 e. The number of pyridine rings is 1. The van der Waals surface area contributed by atoms with Crippen molar-refractivity contribution in [3.63, 3.8) is 0 Å². The molecular weight excluding hydrogens is 232 g/mol. The summed E-state index contributed by atoms with van der Waals surface area (Å²) in [6, 6.07) is 2.96. The van der Waals surface area contributed by atoms with Crippen LogP contribution >= 0.6 is 0 Å². The summed E-state index contributed by atoms with van der Waals surface area (Å²) >= 11 is 0. The Morgan fingerprint density at radius 2 is 2.17 bits per heavy atom. The van der Waals surface area contributed by atoms with Crippen LogP contribution in [-0.4, -0.2) is 40.0 Å². The molecule has 1 heterocycles. The van der Waals surface area contributed by atoms with Crippen molar-refractivity contribution in [3.8, 4) is 0 Å². The molecule has 1 aromatic rings. The normalized spacial score (nSPS) is 11.9. The Labute approximate surface area is 106 Å². The Morgan fingerprint density at radius 3 is 2.72 bits per heavy atom. The molecular formula is C13H18N2O3. The van der Waals surface area contributed by atoms with E-state index in [0.29, 0.717) is 0 Å². The Morgan fingerprint density at radius 1 is 1.50 bits per heavy atom. The number of aromatic nitrogens is 1. The third-order valence-corrected chi connectivity index (χ3v) is 2.93. The second-order valence-corrected chi connectivity index (χ2v) is 4.26. The average molecular weight is 250 g/mol. The van der Waals surface area contributed by atoms with Crippen molar-refractivity contribution in [2.45, 2.75) is 32.7 Å². The van der Waals surface area contributed by atoms with Crippen molar-refractivity contribution in [2.24, 2.45) is 0 Å². The highest BCUT2D eigenvalue weighted by Gasteiger charge is 2.23. The zero-order valence-electron chi connectivity index (χ0n) is 10.9. The number of nitrogens with zero attached hydrogens (tertiary/aromatic N) is 2. The maximum absolute atomic E-state index is 12.2. The van der Waals surface area contributed by atoms with Gasteiger partial charge < -0.3 is 10.0 Å². The van der Waals surface area contributed by atoms with Gasteiger partial charge in [0.2, 0.25) is 0 Å². The summed E-state index contributed by atoms with van der Waals surface area (Å²) in [4.78, 5) is 28.7. The van der Waals surface area contributed by atoms with Crippen LogP contribution in [0.2, 0.25) is 0 Å². The minimum atomic E-state index is -1.14. The Kier molecular flexibility index (Phi) is 4.83. The molecule has 1 rings (SSSR count). The van der Waals surface area contributed by atoms with E-state index in [1.165, 1.54) is 23.2 Å². The van der Waals surface area contributed by atoms with Crippen LogP contribution in [0.3, 0.4) is 0 Å². The van der Waals surface area contributed by atoms with Gasteiger partial charge in [-0.3, -0.25) is 9.78 Å². The monoisotopic (exact) mass is 250 g/mol. The molecule has 1 N–H and O–H groups in total. The van der Waals surface area contributed by atoms with Gasteiger partial charge in [0.05, 0.1) is 5.56 Å². The van der Waals surface area contributed by atoms with Crippen molar-refractivity contribution in [2.75, 3.05) is 7.05 Å². The van der Waals surface area contributed by atoms with Gasteiger partial charge in [-0.2, -0.15) is 0 Å². The standard InChI is InChI=1S/C13H18N2O3/c1-4-6-9(2)15(3)12(16)11-10(13(17)18)7-5-8-14-11/h5,7-9H,4,6H2,1-3H3,(H,17,18). The van der Waals surface area contributed by atoms with E-state index in [9.17, 15) is 9.59 Å². The third kappa shape index (κ3) is 3.06. The van der Waals surface area contributed by atoms with Crippen LogP contribution < -0.4 is 0 Å². The van der Waals surface area contributed by atoms with Crippen LogP contribution in [-0.2, 0) is 0 Å². The first-order valence-electron chi connectivity index (χ1n) is 5.94. The summed E-state index contributed by atoms with van der Waals surface area (Å²) in [5.74, 6) is -1.49. The number of carbonyl (C=O) groups excluding carboxylic acids is 1. The van der Waals surface area contributed by atoms with Gasteiger partial charge in [0, 0.05) is 19.3 Å². The molecule has 0 aromatic carbocycles. The van der Waals surface area contributed by atoms with E-state index in [2.05, 4.69) is 4.98 Å². The number of aromatic carboxylic acids is 1. The summed E-state index contributed by atoms with van der Waals surface area (Å²) < 4.78 is 0. The number of hydrogen-bond acceptors (Lipinski definition) is 3. The third-order valence-electron chi connectivity index (χ3n) is 2.93. The largest absolute Gasteiger partial charge is 0.478 e. The topological polar surface area (TPSA) is 70.5 Å². The van der Waals surface area contributed by atoms with Crippen LogP contribution in [0, 0.1) is 0 Å². The summed E-state index contributed by atoms with van der Waals surface area (Å²) in [5.41, 5.74) is -0.0616. The molecule has 0 saturated carbocycles. The van der Waals surface area contributed by atoms with Gasteiger partial charge in [-0.15, -0.1) is 0 Å². The van der Waals surface area contributed by atoms with Gasteiger partial charge in [-0.1, -0.05) is 13.3 Å². The molecule has 0 fully saturated rings. The Balaban J connectivity index is 3.00. The van der Waals surface area contributed by atoms with E-state index < -0.39 is 5.97 Å². The molecule has 1 unspecified atom stereocenters. The first-order chi connectivity index (χ1) is 8.49. The zero-order valence-corrected chi connectivity index (χ0v) is 10.9. The molecule has 0 aliphatic rings. The second-order valence-electron chi connectivity index (χ2n) is 4.26. The van der Waals surface area contributed by atoms with Crippen LogP contribution in [0.15, 0.2) is 18.3 Å². The molecule has 0 bridgehead atoms. The summed E-state index contributed by atoms with van der Waals surface area (Å²) in [6.07, 6.45) is 3.27. The molecule has 1 aromatic heterocycles. The fraction of sp³-hybridized carbons (Fsp3) is 0.462. The van der Waals surface area contributed by atoms with E-state index in [1.54, 1.807) is 7.05 Å². The van der Waals surface area contributed by atoms with Crippen molar-refractivity contribution < 1.29 is 14.7 Å². The van der Waals surface area contributed by atoms with Crippen molar-refractivity contribution in [1.29, 1.82) is 0 Å². The molecule has 0 spiro atoms. The van der Waals surface area contributed by atoms with Crippen molar-refractivity contribution >= 4 is 11.9 Å². The molecule has 0 radical (unpaired) electrons. The maximum Gasteiger partial charge on any atom is 0.338 e. The highest BCUT2D eigenvalue weighted by molar-refractivity contribution is 6.03. The lowest BCUT2D eigenvalue weighted by Crippen LogP contribution is -2.36. The zero-order chi connectivity index (χ0) is 13.7. The molecule has 0 aliphatic carbocycles. The fourth-order valence-corrected chi connectivity index (χ4v) is 1.73. The van der Waals surface area contributed by atoms with Gasteiger partial charge in [0.15, 0.2) is 0 Å². The smallest absolute Gasteiger partial charge is 0.338 e. The number of carboxylic acid groups (broad SMARTS) is 1. The summed E-state index contributed by atoms with van der Waals surface area (Å²) in [5, 5.41) is 9.03. The van der Waals surface area contributed by atoms with Gasteiger partial charge >= 0.3 is 5.97 Å². The number of amides is 1. The van der Waals surface area contributed by atoms with E-state index in [4.69, 9.17) is 5.11 Å². The van der Waals surface area contributed by atoms with Gasteiger partial charge in [-0.05, 0) is 25.5 Å². The lowest BCUT2D eigenvalue weighted by atomic mass is 10.1. The van der Waals surface area contributed by atoms with Crippen molar-refractivity contribution in [1.82, 2.24) is 9.88 Å². The molecule has 98 valence electrons. The first kappa shape index (κ1) is 14.2. The SMILES string of the molecule is CCCC(C)N(C)C(=O)c1ncccc1C(=O)O. The van der Waals surface area contributed by atoms with E-state index in [0.717, 1.165) is 12.8 Å². The van der Waals surface area contributed by atoms with Gasteiger partial charge in [0.1, 0.15) is 5.69 Å². The first-order valence-corrected chi connectivity index (χ1v) is 5.94. The van der Waals surface area contributed by atoms with E-state index >= 15 is 0 Å². The molecule has 18 heavy (non-hydrogen) atoms. The quantitative estimate of drug-likeness (QED) is 0.868. The lowest BCUT2D eigenvalue weighted by molar-refractivity contribution is 0.0666. The van der Waals surface area contributed by atoms with E-state index in [1.807, 2.05) is 13.8 Å². The van der Waals surface area contributed by atoms with Crippen molar-refractivity contribution in [3.05, 3.63) is 29.6 Å². The highest BCUT2D eigenvalue weighted by Crippen LogP contribution is 2.12. The molecule has 5 heteroatoms. The Hall–Kier alpha value is -1.91. The second kappa shape index (κ2) is 6.14. The molecule has 5 nitrogen and oxygen atoms in total. The number of carboxylic acids is 1. The molecule has 1 atom stereocenters. The molecule has 1 amide bonds. The molecule has 0 aliphatic heterocycles. The summed E-state index contributed by atoms with van der Waals surface area (Å²) in [6.45, 7) is 3.98. The summed E-state index contributed by atoms with van der Waals surface area (Å²) in [7, 11) is 1.67. The Bertz CT molecular complexity index is 446. The van der Waals surface area contributed by atoms with Crippen LogP contribution in [0.4, 0.5) is 0 Å². The minimum absolute atomic E-state index is 0.00421. The van der Waals surface area contributed by atoms with Gasteiger partial charge in [-0.25, -0.2) is 4.79 Å². The predicted octanol–water partition coefficient (Wildman–Crippen LogP) is 2.04. The van der Waals surface area contributed by atoms with Gasteiger partial charge in [0.25, 0.3) is 5.91 Å². The van der Waals surface area contributed by atoms with Crippen LogP contribution in [0.25, 0.3) is 0 Å². The maximum atomic E-state index is 12.2. The highest BCUT2D eigenvalue weighted by atomic mass is 16.4. The lowest BCUT2D eigenvalue weighted by Gasteiger charge is -2.24. The van der Waals surface area contributed by atoms with E-state index in [-0.39, 0.29) is 23.2 Å². The van der Waals surface area contributed by atoms with Crippen LogP contribution in [0.1, 0.15) is 47.5 Å². The number of rotatable bonds is 5. The predicted molar refractivity (Wildman–Crippen MR) is 67.7 cm³/mol. The fourth-order valence-electron chi connectivity index (χ4n) is 1.73. The number of hydrogen-bond donors (Lipinski definition) is 1.